The topological polar surface area (TPSA) is 73.4 Å². The van der Waals surface area contributed by atoms with E-state index in [1.165, 1.54) is 0 Å². The molecular weight excluding hydrogens is 204 g/mol. The summed E-state index contributed by atoms with van der Waals surface area (Å²) < 4.78 is 0. The molecule has 1 aliphatic rings. The van der Waals surface area contributed by atoms with Crippen LogP contribution >= 0.6 is 0 Å². The highest BCUT2D eigenvalue weighted by molar-refractivity contribution is 5.79. The number of nitrogens with zero attached hydrogens (tertiary/aromatic N) is 3. The molecule has 90 valence electrons. The molecule has 0 aromatic carbocycles. The van der Waals surface area contributed by atoms with Gasteiger partial charge in [0.25, 0.3) is 0 Å². The minimum Gasteiger partial charge on any atom is -0.368 e. The van der Waals surface area contributed by atoms with Crippen LogP contribution in [0.15, 0.2) is 0 Å². The Morgan fingerprint density at radius 1 is 1.38 bits per heavy atom. The molecule has 16 heavy (non-hydrogen) atoms. The first-order valence-corrected chi connectivity index (χ1v) is 5.77. The first kappa shape index (κ1) is 12.9. The number of primary amides is 1. The molecule has 5 heteroatoms. The lowest BCUT2D eigenvalue weighted by Gasteiger charge is -2.38. The zero-order valence-electron chi connectivity index (χ0n) is 10.0. The van der Waals surface area contributed by atoms with Crippen molar-refractivity contribution < 1.29 is 4.79 Å². The number of hydrogen-bond acceptors (Lipinski definition) is 4. The minimum absolute atomic E-state index is 0.00559. The van der Waals surface area contributed by atoms with Crippen LogP contribution in [0.25, 0.3) is 0 Å². The number of hydrogen-bond donors (Lipinski definition) is 1. The number of carbonyl (C=O) groups excluding carboxylic acids is 1. The summed E-state index contributed by atoms with van der Waals surface area (Å²) in [4.78, 5) is 15.3. The number of carbonyl (C=O) groups is 1. The number of nitriles is 1. The average molecular weight is 224 g/mol. The molecule has 5 nitrogen and oxygen atoms in total. The predicted octanol–water partition coefficient (Wildman–Crippen LogP) is -0.220. The molecule has 1 aliphatic heterocycles. The lowest BCUT2D eigenvalue weighted by atomic mass is 10.1. The summed E-state index contributed by atoms with van der Waals surface area (Å²) in [6.07, 6.45) is 0.849. The van der Waals surface area contributed by atoms with Crippen molar-refractivity contribution in [2.24, 2.45) is 5.73 Å². The zero-order chi connectivity index (χ0) is 12.1. The van der Waals surface area contributed by atoms with Crippen LogP contribution in [0.5, 0.6) is 0 Å². The summed E-state index contributed by atoms with van der Waals surface area (Å²) in [5, 5.41) is 8.96. The maximum absolute atomic E-state index is 11.0. The van der Waals surface area contributed by atoms with E-state index in [1.54, 1.807) is 0 Å². The van der Waals surface area contributed by atoms with Gasteiger partial charge in [0, 0.05) is 26.2 Å². The lowest BCUT2D eigenvalue weighted by Crippen LogP contribution is -2.54. The lowest BCUT2D eigenvalue weighted by molar-refractivity contribution is -0.123. The van der Waals surface area contributed by atoms with E-state index in [0.29, 0.717) is 0 Å². The number of amides is 1. The van der Waals surface area contributed by atoms with Crippen LogP contribution in [0.2, 0.25) is 0 Å². The van der Waals surface area contributed by atoms with Gasteiger partial charge in [-0.3, -0.25) is 14.6 Å². The van der Waals surface area contributed by atoms with E-state index in [2.05, 4.69) is 15.9 Å². The molecule has 1 rings (SSSR count). The first-order valence-electron chi connectivity index (χ1n) is 5.77. The van der Waals surface area contributed by atoms with E-state index in [0.717, 1.165) is 32.6 Å². The molecule has 0 aromatic rings. The van der Waals surface area contributed by atoms with Crippen molar-refractivity contribution in [2.45, 2.75) is 32.4 Å². The second-order valence-corrected chi connectivity index (χ2v) is 4.20. The van der Waals surface area contributed by atoms with E-state index in [9.17, 15) is 4.79 Å². The van der Waals surface area contributed by atoms with Gasteiger partial charge in [-0.05, 0) is 13.3 Å². The highest BCUT2D eigenvalue weighted by atomic mass is 16.1. The molecule has 0 aliphatic carbocycles. The Labute approximate surface area is 96.8 Å². The molecule has 0 saturated carbocycles. The normalized spacial score (nSPS) is 22.3. The number of nitrogens with two attached hydrogens (primary N) is 1. The van der Waals surface area contributed by atoms with Gasteiger partial charge in [0.2, 0.25) is 5.91 Å². The van der Waals surface area contributed by atoms with Crippen LogP contribution in [-0.2, 0) is 4.79 Å². The van der Waals surface area contributed by atoms with Gasteiger partial charge in [-0.1, -0.05) is 6.92 Å². The smallest absolute Gasteiger partial charge is 0.234 e. The van der Waals surface area contributed by atoms with Crippen LogP contribution in [0.4, 0.5) is 0 Å². The van der Waals surface area contributed by atoms with Gasteiger partial charge < -0.3 is 5.73 Å². The Hall–Kier alpha value is -1.12. The Bertz CT molecular complexity index is 278. The molecule has 0 aromatic heterocycles. The monoisotopic (exact) mass is 224 g/mol. The van der Waals surface area contributed by atoms with E-state index in [4.69, 9.17) is 11.0 Å². The van der Waals surface area contributed by atoms with Crippen molar-refractivity contribution in [1.29, 1.82) is 5.26 Å². The maximum atomic E-state index is 11.0. The molecule has 1 heterocycles. The quantitative estimate of drug-likeness (QED) is 0.716. The van der Waals surface area contributed by atoms with Crippen LogP contribution in [-0.4, -0.2) is 54.0 Å². The van der Waals surface area contributed by atoms with E-state index < -0.39 is 0 Å². The van der Waals surface area contributed by atoms with E-state index in [-0.39, 0.29) is 18.0 Å². The Morgan fingerprint density at radius 2 is 1.88 bits per heavy atom. The third-order valence-corrected chi connectivity index (χ3v) is 3.28. The fourth-order valence-electron chi connectivity index (χ4n) is 2.05. The van der Waals surface area contributed by atoms with Gasteiger partial charge >= 0.3 is 0 Å². The number of rotatable bonds is 4. The fraction of sp³-hybridized carbons (Fsp3) is 0.818. The highest BCUT2D eigenvalue weighted by Crippen LogP contribution is 2.10. The third-order valence-electron chi connectivity index (χ3n) is 3.28. The fourth-order valence-corrected chi connectivity index (χ4v) is 2.05. The molecule has 0 radical (unpaired) electrons. The van der Waals surface area contributed by atoms with Gasteiger partial charge in [-0.2, -0.15) is 5.26 Å². The van der Waals surface area contributed by atoms with Crippen molar-refractivity contribution in [3.63, 3.8) is 0 Å². The van der Waals surface area contributed by atoms with Crippen molar-refractivity contribution in [3.05, 3.63) is 0 Å². The summed E-state index contributed by atoms with van der Waals surface area (Å²) in [5.41, 5.74) is 5.27. The van der Waals surface area contributed by atoms with Crippen molar-refractivity contribution in [1.82, 2.24) is 9.80 Å². The summed E-state index contributed by atoms with van der Waals surface area (Å²) in [5.74, 6) is -0.277. The standard InChI is InChI=1S/C11H20N4O/c1-3-10(8-12)15-6-4-14(5-7-15)9(2)11(13)16/h9-10H,3-7H2,1-2H3,(H2,13,16). The second-order valence-electron chi connectivity index (χ2n) is 4.20. The van der Waals surface area contributed by atoms with Crippen molar-refractivity contribution in [3.8, 4) is 6.07 Å². The summed E-state index contributed by atoms with van der Waals surface area (Å²) in [7, 11) is 0. The SMILES string of the molecule is CCC(C#N)N1CCN(C(C)C(N)=O)CC1. The van der Waals surface area contributed by atoms with Crippen molar-refractivity contribution >= 4 is 5.91 Å². The number of piperazine rings is 1. The highest BCUT2D eigenvalue weighted by Gasteiger charge is 2.26. The zero-order valence-corrected chi connectivity index (χ0v) is 10.0. The Kier molecular flexibility index (Phi) is 4.71. The Balaban J connectivity index is 2.45. The van der Waals surface area contributed by atoms with Gasteiger partial charge in [0.15, 0.2) is 0 Å². The van der Waals surface area contributed by atoms with Crippen molar-refractivity contribution in [2.75, 3.05) is 26.2 Å². The first-order chi connectivity index (χ1) is 7.60. The van der Waals surface area contributed by atoms with Crippen LogP contribution in [0, 0.1) is 11.3 Å². The van der Waals surface area contributed by atoms with Gasteiger partial charge in [-0.25, -0.2) is 0 Å². The van der Waals surface area contributed by atoms with Crippen LogP contribution in [0.3, 0.4) is 0 Å². The molecule has 0 spiro atoms. The largest absolute Gasteiger partial charge is 0.368 e. The maximum Gasteiger partial charge on any atom is 0.234 e. The van der Waals surface area contributed by atoms with E-state index >= 15 is 0 Å². The predicted molar refractivity (Wildman–Crippen MR) is 61.5 cm³/mol. The molecule has 2 unspecified atom stereocenters. The molecule has 1 amide bonds. The summed E-state index contributed by atoms with van der Waals surface area (Å²) in [6.45, 7) is 7.14. The minimum atomic E-state index is -0.277. The average Bonchev–Trinajstić information content (AvgIpc) is 2.30. The van der Waals surface area contributed by atoms with Gasteiger partial charge in [-0.15, -0.1) is 0 Å². The molecule has 2 N–H and O–H groups in total. The van der Waals surface area contributed by atoms with Gasteiger partial charge in [0.1, 0.15) is 0 Å². The Morgan fingerprint density at radius 3 is 2.25 bits per heavy atom. The van der Waals surface area contributed by atoms with E-state index in [1.807, 2.05) is 13.8 Å². The molecule has 0 bridgehead atoms. The molecule has 2 atom stereocenters. The molecule has 1 fully saturated rings. The van der Waals surface area contributed by atoms with Gasteiger partial charge in [0.05, 0.1) is 18.2 Å². The molecular formula is C11H20N4O. The van der Waals surface area contributed by atoms with Crippen LogP contribution in [0.1, 0.15) is 20.3 Å². The summed E-state index contributed by atoms with van der Waals surface area (Å²) >= 11 is 0. The second kappa shape index (κ2) is 5.83. The van der Waals surface area contributed by atoms with Crippen LogP contribution < -0.4 is 5.73 Å². The third kappa shape index (κ3) is 2.94. The summed E-state index contributed by atoms with van der Waals surface area (Å²) in [6, 6.07) is 2.11. The molecule has 1 saturated heterocycles.